The Morgan fingerprint density at radius 2 is 1.73 bits per heavy atom. The fraction of sp³-hybridized carbons (Fsp3) is 0.120. The van der Waals surface area contributed by atoms with Crippen LogP contribution in [0.25, 0.3) is 5.69 Å². The summed E-state index contributed by atoms with van der Waals surface area (Å²) in [5.74, 6) is 1.17. The lowest BCUT2D eigenvalue weighted by atomic mass is 10.0. The number of benzene rings is 3. The van der Waals surface area contributed by atoms with Crippen molar-refractivity contribution in [3.63, 3.8) is 0 Å². The van der Waals surface area contributed by atoms with E-state index < -0.39 is 6.17 Å². The normalized spacial score (nSPS) is 14.6. The molecule has 1 unspecified atom stereocenters. The van der Waals surface area contributed by atoms with Crippen LogP contribution in [0.2, 0.25) is 5.02 Å². The van der Waals surface area contributed by atoms with Gasteiger partial charge in [-0.2, -0.15) is 5.06 Å². The summed E-state index contributed by atoms with van der Waals surface area (Å²) in [4.78, 5) is 23.0. The molecule has 0 fully saturated rings. The van der Waals surface area contributed by atoms with Crippen molar-refractivity contribution < 1.29 is 9.63 Å². The molecule has 0 spiro atoms. The number of nitrogens with zero attached hydrogens (tertiary/aromatic N) is 5. The van der Waals surface area contributed by atoms with Gasteiger partial charge in [-0.05, 0) is 30.7 Å². The van der Waals surface area contributed by atoms with Crippen LogP contribution in [-0.2, 0) is 16.2 Å². The minimum Gasteiger partial charge on any atom is -0.279 e. The summed E-state index contributed by atoms with van der Waals surface area (Å²) in [5, 5.41) is 10.4. The summed E-state index contributed by atoms with van der Waals surface area (Å²) in [5.41, 5.74) is 4.26. The monoisotopic (exact) mass is 457 g/mol. The van der Waals surface area contributed by atoms with Crippen molar-refractivity contribution in [3.05, 3.63) is 112 Å². The zero-order valence-corrected chi connectivity index (χ0v) is 18.6. The molecule has 1 aliphatic heterocycles. The van der Waals surface area contributed by atoms with Crippen molar-refractivity contribution in [3.8, 4) is 5.69 Å². The van der Waals surface area contributed by atoms with E-state index in [4.69, 9.17) is 21.4 Å². The Labute approximate surface area is 195 Å². The summed E-state index contributed by atoms with van der Waals surface area (Å²) in [6.07, 6.45) is -0.216. The molecule has 0 saturated heterocycles. The predicted molar refractivity (Wildman–Crippen MR) is 125 cm³/mol. The molecule has 8 heteroatoms. The number of hydroxylamine groups is 2. The number of aliphatic imine (C=N–C) groups is 1. The Kier molecular flexibility index (Phi) is 5.73. The number of halogens is 1. The molecule has 7 nitrogen and oxygen atoms in total. The number of hydrogen-bond donors (Lipinski definition) is 0. The maximum Gasteiger partial charge on any atom is 0.235 e. The van der Waals surface area contributed by atoms with Gasteiger partial charge in [-0.3, -0.25) is 14.2 Å². The Hall–Kier alpha value is -3.81. The van der Waals surface area contributed by atoms with Crippen molar-refractivity contribution in [2.45, 2.75) is 19.7 Å². The Morgan fingerprint density at radius 1 is 1.00 bits per heavy atom. The highest BCUT2D eigenvalue weighted by molar-refractivity contribution is 6.30. The smallest absolute Gasteiger partial charge is 0.235 e. The average molecular weight is 458 g/mol. The number of aryl methyl sites for hydroxylation is 1. The van der Waals surface area contributed by atoms with E-state index in [-0.39, 0.29) is 6.61 Å². The third kappa shape index (κ3) is 4.04. The van der Waals surface area contributed by atoms with Gasteiger partial charge in [-0.1, -0.05) is 72.3 Å². The summed E-state index contributed by atoms with van der Waals surface area (Å²) in [6, 6.07) is 25.0. The van der Waals surface area contributed by atoms with Gasteiger partial charge in [0.25, 0.3) is 0 Å². The van der Waals surface area contributed by atoms with Crippen molar-refractivity contribution in [2.75, 3.05) is 0 Å². The molecule has 2 heterocycles. The first-order chi connectivity index (χ1) is 16.2. The van der Waals surface area contributed by atoms with E-state index in [9.17, 15) is 4.79 Å². The Morgan fingerprint density at radius 3 is 2.48 bits per heavy atom. The number of para-hydroxylation sites is 1. The number of carbonyl (C=O) groups excluding carboxylic acids is 1. The fourth-order valence-electron chi connectivity index (χ4n) is 3.85. The molecular formula is C25H20ClN5O2. The van der Waals surface area contributed by atoms with Gasteiger partial charge in [-0.15, -0.1) is 10.2 Å². The van der Waals surface area contributed by atoms with Crippen molar-refractivity contribution in [1.29, 1.82) is 0 Å². The van der Waals surface area contributed by atoms with Crippen LogP contribution in [0.4, 0.5) is 0 Å². The first-order valence-corrected chi connectivity index (χ1v) is 10.8. The lowest BCUT2D eigenvalue weighted by Crippen LogP contribution is -2.29. The number of aromatic nitrogens is 3. The van der Waals surface area contributed by atoms with Crippen LogP contribution >= 0.6 is 11.6 Å². The van der Waals surface area contributed by atoms with Crippen LogP contribution in [0.1, 0.15) is 34.5 Å². The maximum atomic E-state index is 12.2. The fourth-order valence-corrected chi connectivity index (χ4v) is 3.98. The average Bonchev–Trinajstić information content (AvgIpc) is 3.16. The lowest BCUT2D eigenvalue weighted by Gasteiger charge is -2.23. The number of carbonyl (C=O) groups is 1. The second-order valence-corrected chi connectivity index (χ2v) is 7.98. The second-order valence-electron chi connectivity index (χ2n) is 7.54. The molecule has 1 amide bonds. The van der Waals surface area contributed by atoms with E-state index in [0.717, 1.165) is 22.4 Å². The lowest BCUT2D eigenvalue weighted by molar-refractivity contribution is -0.193. The summed E-state index contributed by atoms with van der Waals surface area (Å²) >= 11 is 6.12. The van der Waals surface area contributed by atoms with Gasteiger partial charge in [0.1, 0.15) is 12.4 Å². The molecule has 3 aromatic carbocycles. The van der Waals surface area contributed by atoms with Gasteiger partial charge >= 0.3 is 0 Å². The number of rotatable bonds is 6. The van der Waals surface area contributed by atoms with Crippen LogP contribution in [0.5, 0.6) is 0 Å². The zero-order valence-electron chi connectivity index (χ0n) is 17.8. The molecule has 0 N–H and O–H groups in total. The Balaban J connectivity index is 1.64. The molecule has 33 heavy (non-hydrogen) atoms. The second kappa shape index (κ2) is 8.97. The van der Waals surface area contributed by atoms with Gasteiger partial charge in [-0.25, -0.2) is 4.99 Å². The third-order valence-electron chi connectivity index (χ3n) is 5.42. The van der Waals surface area contributed by atoms with Crippen LogP contribution in [0.3, 0.4) is 0 Å². The topological polar surface area (TPSA) is 72.6 Å². The van der Waals surface area contributed by atoms with Crippen molar-refractivity contribution >= 4 is 23.7 Å². The highest BCUT2D eigenvalue weighted by Crippen LogP contribution is 2.32. The van der Waals surface area contributed by atoms with Gasteiger partial charge in [0, 0.05) is 16.1 Å². The molecule has 5 rings (SSSR count). The van der Waals surface area contributed by atoms with Crippen LogP contribution in [0.15, 0.2) is 83.9 Å². The van der Waals surface area contributed by atoms with Gasteiger partial charge < -0.3 is 0 Å². The molecule has 4 aromatic rings. The van der Waals surface area contributed by atoms with Crippen LogP contribution < -0.4 is 0 Å². The molecule has 0 radical (unpaired) electrons. The number of hydrogen-bond acceptors (Lipinski definition) is 5. The van der Waals surface area contributed by atoms with Gasteiger partial charge in [0.05, 0.1) is 11.4 Å². The molecular weight excluding hydrogens is 438 g/mol. The largest absolute Gasteiger partial charge is 0.279 e. The SMILES string of the molecule is Cc1nnc2n1-c1ccccc1C(c1ccc(Cl)cc1)=NC2N(C=O)OCc1ccccc1. The van der Waals surface area contributed by atoms with Gasteiger partial charge in [0.15, 0.2) is 5.82 Å². The quantitative estimate of drug-likeness (QED) is 0.311. The van der Waals surface area contributed by atoms with E-state index in [1.165, 1.54) is 5.06 Å². The molecule has 164 valence electrons. The summed E-state index contributed by atoms with van der Waals surface area (Å²) in [7, 11) is 0. The molecule has 0 bridgehead atoms. The predicted octanol–water partition coefficient (Wildman–Crippen LogP) is 4.67. The molecule has 0 saturated carbocycles. The summed E-state index contributed by atoms with van der Waals surface area (Å²) in [6.45, 7) is 2.08. The minimum absolute atomic E-state index is 0.210. The van der Waals surface area contributed by atoms with Crippen LogP contribution in [-0.4, -0.2) is 31.9 Å². The standard InChI is InChI=1S/C25H20ClN5O2/c1-17-28-29-25-24(30(16-32)33-15-18-7-3-2-4-8-18)27-23(19-11-13-20(26)14-12-19)21-9-5-6-10-22(21)31(17)25/h2-14,16,24H,15H2,1H3. The van der Waals surface area contributed by atoms with E-state index in [1.807, 2.05) is 90.4 Å². The molecule has 0 aliphatic carbocycles. The highest BCUT2D eigenvalue weighted by Gasteiger charge is 2.32. The first kappa shape index (κ1) is 21.1. The first-order valence-electron chi connectivity index (χ1n) is 10.4. The molecule has 1 atom stereocenters. The number of amides is 1. The van der Waals surface area contributed by atoms with E-state index in [0.29, 0.717) is 28.8 Å². The van der Waals surface area contributed by atoms with Crippen molar-refractivity contribution in [1.82, 2.24) is 19.8 Å². The summed E-state index contributed by atoms with van der Waals surface area (Å²) < 4.78 is 1.91. The molecule has 1 aliphatic rings. The van der Waals surface area contributed by atoms with Crippen molar-refractivity contribution in [2.24, 2.45) is 4.99 Å². The Bertz CT molecular complexity index is 1320. The molecule has 1 aromatic heterocycles. The van der Waals surface area contributed by atoms with E-state index >= 15 is 0 Å². The van der Waals surface area contributed by atoms with E-state index in [2.05, 4.69) is 10.2 Å². The third-order valence-corrected chi connectivity index (χ3v) is 5.67. The van der Waals surface area contributed by atoms with E-state index in [1.54, 1.807) is 0 Å². The van der Waals surface area contributed by atoms with Gasteiger partial charge in [0.2, 0.25) is 12.6 Å². The van der Waals surface area contributed by atoms with Crippen LogP contribution in [0, 0.1) is 6.92 Å². The highest BCUT2D eigenvalue weighted by atomic mass is 35.5. The zero-order chi connectivity index (χ0) is 22.8. The minimum atomic E-state index is -0.842. The number of fused-ring (bicyclic) bond motifs is 3. The maximum absolute atomic E-state index is 12.2.